The zero-order valence-corrected chi connectivity index (χ0v) is 14.7. The SMILES string of the molecule is O=C(CSc1nnc(-c2ccccc2)o1)N=Nc1c(O)[nH]c2ccccc12. The van der Waals surface area contributed by atoms with Crippen LogP contribution in [-0.2, 0) is 4.79 Å². The molecule has 2 N–H and O–H groups in total. The number of hydrogen-bond donors (Lipinski definition) is 2. The fourth-order valence-electron chi connectivity index (χ4n) is 2.44. The predicted octanol–water partition coefficient (Wildman–Crippen LogP) is 4.33. The lowest BCUT2D eigenvalue weighted by atomic mass is 10.2. The van der Waals surface area contributed by atoms with Crippen molar-refractivity contribution in [3.05, 3.63) is 54.6 Å². The van der Waals surface area contributed by atoms with Crippen LogP contribution in [0, 0.1) is 0 Å². The van der Waals surface area contributed by atoms with Crippen LogP contribution in [-0.4, -0.2) is 31.9 Å². The number of thioether (sulfide) groups is 1. The number of hydrogen-bond acceptors (Lipinski definition) is 7. The fraction of sp³-hybridized carbons (Fsp3) is 0.0556. The Bertz CT molecular complexity index is 1120. The van der Waals surface area contributed by atoms with Gasteiger partial charge in [-0.05, 0) is 18.2 Å². The van der Waals surface area contributed by atoms with Crippen LogP contribution in [0.25, 0.3) is 22.4 Å². The number of aromatic hydroxyl groups is 1. The molecule has 4 aromatic rings. The van der Waals surface area contributed by atoms with Crippen molar-refractivity contribution < 1.29 is 14.3 Å². The maximum atomic E-state index is 12.0. The molecule has 2 aromatic heterocycles. The minimum Gasteiger partial charge on any atom is -0.493 e. The van der Waals surface area contributed by atoms with Crippen molar-refractivity contribution in [3.8, 4) is 17.3 Å². The van der Waals surface area contributed by atoms with Crippen molar-refractivity contribution in [2.45, 2.75) is 5.22 Å². The number of azo groups is 1. The first-order chi connectivity index (χ1) is 13.2. The molecule has 0 radical (unpaired) electrons. The number of nitrogens with one attached hydrogen (secondary N) is 1. The third-order valence-electron chi connectivity index (χ3n) is 3.67. The standard InChI is InChI=1S/C18H13N5O3S/c24-14(20-21-15-12-8-4-5-9-13(12)19-16(15)25)10-27-18-23-22-17(26-18)11-6-2-1-3-7-11/h1-9,19,25H,10H2. The topological polar surface area (TPSA) is 117 Å². The summed E-state index contributed by atoms with van der Waals surface area (Å²) in [4.78, 5) is 14.8. The Morgan fingerprint density at radius 1 is 1.11 bits per heavy atom. The van der Waals surface area contributed by atoms with Crippen LogP contribution in [0.15, 0.2) is 74.5 Å². The van der Waals surface area contributed by atoms with Crippen molar-refractivity contribution in [1.29, 1.82) is 0 Å². The molecule has 0 unspecified atom stereocenters. The van der Waals surface area contributed by atoms with Gasteiger partial charge in [0.2, 0.25) is 11.8 Å². The van der Waals surface area contributed by atoms with E-state index in [0.717, 1.165) is 17.3 Å². The summed E-state index contributed by atoms with van der Waals surface area (Å²) < 4.78 is 5.52. The smallest absolute Gasteiger partial charge is 0.277 e. The molecule has 0 saturated heterocycles. The lowest BCUT2D eigenvalue weighted by Crippen LogP contribution is -1.95. The van der Waals surface area contributed by atoms with E-state index in [9.17, 15) is 9.90 Å². The van der Waals surface area contributed by atoms with Gasteiger partial charge in [-0.3, -0.25) is 4.79 Å². The average Bonchev–Trinajstić information content (AvgIpc) is 3.29. The van der Waals surface area contributed by atoms with Gasteiger partial charge in [-0.25, -0.2) is 0 Å². The highest BCUT2D eigenvalue weighted by Crippen LogP contribution is 2.35. The van der Waals surface area contributed by atoms with Gasteiger partial charge in [0, 0.05) is 10.9 Å². The van der Waals surface area contributed by atoms with Crippen LogP contribution in [0.4, 0.5) is 5.69 Å². The molecule has 4 rings (SSSR count). The van der Waals surface area contributed by atoms with Crippen molar-refractivity contribution in [2.24, 2.45) is 10.2 Å². The van der Waals surface area contributed by atoms with Crippen LogP contribution in [0.5, 0.6) is 5.88 Å². The molecule has 0 saturated carbocycles. The molecular weight excluding hydrogens is 366 g/mol. The highest BCUT2D eigenvalue weighted by atomic mass is 32.2. The van der Waals surface area contributed by atoms with E-state index in [4.69, 9.17) is 4.42 Å². The molecule has 8 nitrogen and oxygen atoms in total. The number of amides is 1. The summed E-state index contributed by atoms with van der Waals surface area (Å²) in [5.41, 5.74) is 1.75. The summed E-state index contributed by atoms with van der Waals surface area (Å²) in [5, 5.41) is 26.3. The Labute approximate surface area is 157 Å². The number of para-hydroxylation sites is 1. The van der Waals surface area contributed by atoms with Crippen molar-refractivity contribution >= 4 is 34.3 Å². The molecule has 9 heteroatoms. The van der Waals surface area contributed by atoms with Crippen LogP contribution in [0.1, 0.15) is 0 Å². The van der Waals surface area contributed by atoms with E-state index in [1.807, 2.05) is 42.5 Å². The summed E-state index contributed by atoms with van der Waals surface area (Å²) in [7, 11) is 0. The molecule has 27 heavy (non-hydrogen) atoms. The Kier molecular flexibility index (Phi) is 4.67. The van der Waals surface area contributed by atoms with E-state index < -0.39 is 5.91 Å². The summed E-state index contributed by atoms with van der Waals surface area (Å²) in [6.07, 6.45) is 0. The van der Waals surface area contributed by atoms with Crippen molar-refractivity contribution in [3.63, 3.8) is 0 Å². The summed E-state index contributed by atoms with van der Waals surface area (Å²) in [6.45, 7) is 0. The van der Waals surface area contributed by atoms with E-state index in [2.05, 4.69) is 25.4 Å². The zero-order valence-electron chi connectivity index (χ0n) is 13.9. The third kappa shape index (κ3) is 3.72. The first kappa shape index (κ1) is 17.0. The van der Waals surface area contributed by atoms with E-state index in [1.54, 1.807) is 12.1 Å². The first-order valence-corrected chi connectivity index (χ1v) is 8.95. The second kappa shape index (κ2) is 7.42. The third-order valence-corrected chi connectivity index (χ3v) is 4.47. The molecule has 0 fully saturated rings. The van der Waals surface area contributed by atoms with Gasteiger partial charge in [-0.15, -0.1) is 20.4 Å². The van der Waals surface area contributed by atoms with Crippen LogP contribution in [0.2, 0.25) is 0 Å². The first-order valence-electron chi connectivity index (χ1n) is 7.96. The minimum atomic E-state index is -0.482. The minimum absolute atomic E-state index is 0.0109. The van der Waals surface area contributed by atoms with Gasteiger partial charge < -0.3 is 14.5 Å². The summed E-state index contributed by atoms with van der Waals surface area (Å²) >= 11 is 1.08. The molecule has 2 aromatic carbocycles. The van der Waals surface area contributed by atoms with Gasteiger partial charge in [0.15, 0.2) is 5.69 Å². The molecule has 0 aliphatic heterocycles. The Morgan fingerprint density at radius 2 is 1.89 bits per heavy atom. The van der Waals surface area contributed by atoms with Gasteiger partial charge in [-0.1, -0.05) is 48.2 Å². The van der Waals surface area contributed by atoms with Crippen molar-refractivity contribution in [1.82, 2.24) is 15.2 Å². The van der Waals surface area contributed by atoms with Crippen LogP contribution < -0.4 is 0 Å². The second-order valence-corrected chi connectivity index (χ2v) is 6.42. The molecular formula is C18H13N5O3S. The number of nitrogens with zero attached hydrogens (tertiary/aromatic N) is 4. The zero-order chi connectivity index (χ0) is 18.6. The number of benzene rings is 2. The monoisotopic (exact) mass is 379 g/mol. The number of carbonyl (C=O) groups is 1. The number of carbonyl (C=O) groups excluding carboxylic acids is 1. The maximum Gasteiger partial charge on any atom is 0.277 e. The average molecular weight is 379 g/mol. The largest absolute Gasteiger partial charge is 0.493 e. The molecule has 2 heterocycles. The highest BCUT2D eigenvalue weighted by molar-refractivity contribution is 7.99. The lowest BCUT2D eigenvalue weighted by Gasteiger charge is -1.93. The second-order valence-electron chi connectivity index (χ2n) is 5.49. The normalized spacial score (nSPS) is 11.4. The molecule has 1 amide bonds. The maximum absolute atomic E-state index is 12.0. The van der Waals surface area contributed by atoms with Crippen molar-refractivity contribution in [2.75, 3.05) is 5.75 Å². The summed E-state index contributed by atoms with van der Waals surface area (Å²) in [6, 6.07) is 16.6. The molecule has 0 aliphatic carbocycles. The number of aromatic amines is 1. The van der Waals surface area contributed by atoms with Crippen LogP contribution >= 0.6 is 11.8 Å². The predicted molar refractivity (Wildman–Crippen MR) is 99.9 cm³/mol. The molecule has 0 atom stereocenters. The Morgan fingerprint density at radius 3 is 2.74 bits per heavy atom. The van der Waals surface area contributed by atoms with Gasteiger partial charge in [-0.2, -0.15) is 0 Å². The number of fused-ring (bicyclic) bond motifs is 1. The Balaban J connectivity index is 1.41. The number of H-pyrrole nitrogens is 1. The number of aromatic nitrogens is 3. The Hall–Kier alpha value is -3.46. The van der Waals surface area contributed by atoms with Gasteiger partial charge in [0.05, 0.1) is 11.3 Å². The van der Waals surface area contributed by atoms with E-state index in [-0.39, 0.29) is 22.5 Å². The fourth-order valence-corrected chi connectivity index (χ4v) is 2.98. The van der Waals surface area contributed by atoms with Gasteiger partial charge in [0.25, 0.3) is 11.1 Å². The van der Waals surface area contributed by atoms with Gasteiger partial charge >= 0.3 is 0 Å². The lowest BCUT2D eigenvalue weighted by molar-refractivity contribution is -0.115. The van der Waals surface area contributed by atoms with E-state index in [0.29, 0.717) is 16.8 Å². The number of rotatable bonds is 5. The van der Waals surface area contributed by atoms with E-state index >= 15 is 0 Å². The summed E-state index contributed by atoms with van der Waals surface area (Å²) in [5.74, 6) is -0.243. The molecule has 0 aliphatic rings. The van der Waals surface area contributed by atoms with Gasteiger partial charge in [0.1, 0.15) is 0 Å². The quantitative estimate of drug-likeness (QED) is 0.394. The van der Waals surface area contributed by atoms with E-state index in [1.165, 1.54) is 0 Å². The van der Waals surface area contributed by atoms with Crippen LogP contribution in [0.3, 0.4) is 0 Å². The molecule has 0 bridgehead atoms. The highest BCUT2D eigenvalue weighted by Gasteiger charge is 2.12. The molecule has 134 valence electrons. The molecule has 0 spiro atoms.